The number of hydrogen-bond donors (Lipinski definition) is 2. The van der Waals surface area contributed by atoms with Gasteiger partial charge in [0.1, 0.15) is 5.60 Å². The molecule has 6 heteroatoms. The van der Waals surface area contributed by atoms with Crippen molar-refractivity contribution in [3.8, 4) is 0 Å². The topological polar surface area (TPSA) is 62.8 Å². The molecular formula is C23H27N3O3. The van der Waals surface area contributed by atoms with Gasteiger partial charge in [0.2, 0.25) is 0 Å². The molecule has 4 rings (SSSR count). The molecule has 29 heavy (non-hydrogen) atoms. The highest BCUT2D eigenvalue weighted by Gasteiger charge is 2.39. The fourth-order valence-corrected chi connectivity index (χ4v) is 3.64. The standard InChI is InChI=1S/C23H27N3O3/c1-3-18-6-10-20(11-7-18)24-22(27)28-26-14-12-23(13-15-26)16-21(25-29-23)19-8-4-17(2)5-9-19/h4-11,16,25H,3,12-15H2,1-2H3,(H,24,27). The molecule has 1 fully saturated rings. The van der Waals surface area contributed by atoms with Gasteiger partial charge < -0.3 is 4.84 Å². The zero-order chi connectivity index (χ0) is 20.3. The second-order valence-electron chi connectivity index (χ2n) is 7.68. The van der Waals surface area contributed by atoms with Crippen LogP contribution < -0.4 is 10.8 Å². The van der Waals surface area contributed by atoms with Crippen molar-refractivity contribution < 1.29 is 14.5 Å². The van der Waals surface area contributed by atoms with Crippen LogP contribution in [0.5, 0.6) is 0 Å². The fourth-order valence-electron chi connectivity index (χ4n) is 3.64. The van der Waals surface area contributed by atoms with Gasteiger partial charge in [-0.2, -0.15) is 0 Å². The number of rotatable bonds is 4. The van der Waals surface area contributed by atoms with E-state index in [0.717, 1.165) is 36.2 Å². The average Bonchev–Trinajstić information content (AvgIpc) is 3.15. The minimum absolute atomic E-state index is 0.355. The number of hydroxylamine groups is 3. The monoisotopic (exact) mass is 393 g/mol. The Hall–Kier alpha value is -2.83. The molecule has 0 bridgehead atoms. The summed E-state index contributed by atoms with van der Waals surface area (Å²) < 4.78 is 0. The van der Waals surface area contributed by atoms with Gasteiger partial charge in [0.25, 0.3) is 0 Å². The predicted octanol–water partition coefficient (Wildman–Crippen LogP) is 4.43. The summed E-state index contributed by atoms with van der Waals surface area (Å²) in [7, 11) is 0. The summed E-state index contributed by atoms with van der Waals surface area (Å²) in [5, 5.41) is 4.47. The first-order valence-corrected chi connectivity index (χ1v) is 10.1. The van der Waals surface area contributed by atoms with Crippen molar-refractivity contribution in [3.05, 3.63) is 71.3 Å². The molecule has 2 N–H and O–H groups in total. The Morgan fingerprint density at radius 2 is 1.83 bits per heavy atom. The Morgan fingerprint density at radius 1 is 1.14 bits per heavy atom. The van der Waals surface area contributed by atoms with E-state index in [1.807, 2.05) is 24.3 Å². The van der Waals surface area contributed by atoms with Crippen molar-refractivity contribution in [2.75, 3.05) is 18.4 Å². The van der Waals surface area contributed by atoms with Crippen LogP contribution in [0.2, 0.25) is 0 Å². The number of hydrogen-bond acceptors (Lipinski definition) is 5. The number of carbonyl (C=O) groups is 1. The lowest BCUT2D eigenvalue weighted by Gasteiger charge is -2.35. The van der Waals surface area contributed by atoms with E-state index in [2.05, 4.69) is 55.0 Å². The van der Waals surface area contributed by atoms with Crippen molar-refractivity contribution in [2.24, 2.45) is 0 Å². The number of piperidine rings is 1. The SMILES string of the molecule is CCc1ccc(NC(=O)ON2CCC3(C=C(c4ccc(C)cc4)NO3)CC2)cc1. The van der Waals surface area contributed by atoms with E-state index in [4.69, 9.17) is 9.68 Å². The van der Waals surface area contributed by atoms with Crippen molar-refractivity contribution in [3.63, 3.8) is 0 Å². The first-order valence-electron chi connectivity index (χ1n) is 10.1. The van der Waals surface area contributed by atoms with Gasteiger partial charge >= 0.3 is 6.09 Å². The molecule has 152 valence electrons. The van der Waals surface area contributed by atoms with Gasteiger partial charge in [0.05, 0.1) is 5.70 Å². The maximum Gasteiger partial charge on any atom is 0.430 e. The lowest BCUT2D eigenvalue weighted by atomic mass is 9.91. The molecule has 6 nitrogen and oxygen atoms in total. The van der Waals surface area contributed by atoms with Crippen LogP contribution in [0, 0.1) is 6.92 Å². The highest BCUT2D eigenvalue weighted by molar-refractivity contribution is 5.84. The molecule has 1 saturated heterocycles. The largest absolute Gasteiger partial charge is 0.430 e. The summed E-state index contributed by atoms with van der Waals surface area (Å²) in [5.41, 5.74) is 8.01. The summed E-state index contributed by atoms with van der Waals surface area (Å²) in [4.78, 5) is 23.6. The third-order valence-corrected chi connectivity index (χ3v) is 5.52. The molecule has 0 unspecified atom stereocenters. The summed E-state index contributed by atoms with van der Waals surface area (Å²) in [6.07, 6.45) is 4.15. The quantitative estimate of drug-likeness (QED) is 0.805. The van der Waals surface area contributed by atoms with Crippen LogP contribution in [0.1, 0.15) is 36.5 Å². The molecule has 0 aromatic heterocycles. The maximum atomic E-state index is 12.2. The summed E-state index contributed by atoms with van der Waals surface area (Å²) >= 11 is 0. The second kappa shape index (κ2) is 8.27. The number of carbonyl (C=O) groups excluding carboxylic acids is 1. The van der Waals surface area contributed by atoms with E-state index in [9.17, 15) is 4.79 Å². The zero-order valence-electron chi connectivity index (χ0n) is 16.9. The number of anilines is 1. The van der Waals surface area contributed by atoms with E-state index in [1.54, 1.807) is 5.06 Å². The molecule has 1 spiro atoms. The Morgan fingerprint density at radius 3 is 2.48 bits per heavy atom. The number of benzene rings is 2. The smallest absolute Gasteiger partial charge is 0.351 e. The predicted molar refractivity (Wildman–Crippen MR) is 113 cm³/mol. The Kier molecular flexibility index (Phi) is 5.56. The zero-order valence-corrected chi connectivity index (χ0v) is 16.9. The van der Waals surface area contributed by atoms with Crippen LogP contribution in [0.3, 0.4) is 0 Å². The van der Waals surface area contributed by atoms with Crippen molar-refractivity contribution >= 4 is 17.5 Å². The molecule has 2 aliphatic heterocycles. The summed E-state index contributed by atoms with van der Waals surface area (Å²) in [5.74, 6) is 0. The third kappa shape index (κ3) is 4.60. The fraction of sp³-hybridized carbons (Fsp3) is 0.348. The molecule has 1 amide bonds. The van der Waals surface area contributed by atoms with Gasteiger partial charge in [-0.15, -0.1) is 5.06 Å². The van der Waals surface area contributed by atoms with Crippen molar-refractivity contribution in [2.45, 2.75) is 38.7 Å². The van der Waals surface area contributed by atoms with Crippen LogP contribution in [0.25, 0.3) is 5.70 Å². The molecule has 2 aliphatic rings. The lowest BCUT2D eigenvalue weighted by molar-refractivity contribution is -0.153. The van der Waals surface area contributed by atoms with E-state index in [0.29, 0.717) is 13.1 Å². The molecule has 2 aromatic rings. The molecule has 0 atom stereocenters. The first kappa shape index (κ1) is 19.5. The first-order chi connectivity index (χ1) is 14.0. The molecular weight excluding hydrogens is 366 g/mol. The number of nitrogens with zero attached hydrogens (tertiary/aromatic N) is 1. The molecule has 0 saturated carbocycles. The summed E-state index contributed by atoms with van der Waals surface area (Å²) in [6.45, 7) is 5.40. The van der Waals surface area contributed by atoms with Crippen LogP contribution in [0.15, 0.2) is 54.6 Å². The summed E-state index contributed by atoms with van der Waals surface area (Å²) in [6, 6.07) is 16.1. The second-order valence-corrected chi connectivity index (χ2v) is 7.68. The minimum atomic E-state index is -0.466. The number of amides is 1. The van der Waals surface area contributed by atoms with Gasteiger partial charge in [-0.1, -0.05) is 48.9 Å². The van der Waals surface area contributed by atoms with E-state index >= 15 is 0 Å². The Bertz CT molecular complexity index is 883. The average molecular weight is 393 g/mol. The van der Waals surface area contributed by atoms with Crippen molar-refractivity contribution in [1.82, 2.24) is 10.5 Å². The van der Waals surface area contributed by atoms with Crippen LogP contribution >= 0.6 is 0 Å². The lowest BCUT2D eigenvalue weighted by Crippen LogP contribution is -2.45. The number of aryl methyl sites for hydroxylation is 2. The molecule has 0 aliphatic carbocycles. The Labute approximate surface area is 171 Å². The van der Waals surface area contributed by atoms with E-state index < -0.39 is 6.09 Å². The van der Waals surface area contributed by atoms with Gasteiger partial charge in [0, 0.05) is 18.8 Å². The van der Waals surface area contributed by atoms with Crippen molar-refractivity contribution in [1.29, 1.82) is 0 Å². The normalized spacial score (nSPS) is 18.2. The number of nitrogens with one attached hydrogen (secondary N) is 2. The molecule has 2 heterocycles. The highest BCUT2D eigenvalue weighted by Crippen LogP contribution is 2.34. The highest BCUT2D eigenvalue weighted by atomic mass is 16.7. The maximum absolute atomic E-state index is 12.2. The third-order valence-electron chi connectivity index (χ3n) is 5.52. The van der Waals surface area contributed by atoms with Crippen LogP contribution in [-0.4, -0.2) is 29.8 Å². The van der Waals surface area contributed by atoms with Gasteiger partial charge in [-0.3, -0.25) is 15.6 Å². The van der Waals surface area contributed by atoms with E-state index in [1.165, 1.54) is 11.1 Å². The van der Waals surface area contributed by atoms with Gasteiger partial charge in [-0.05, 0) is 55.5 Å². The minimum Gasteiger partial charge on any atom is -0.351 e. The van der Waals surface area contributed by atoms with Crippen LogP contribution in [-0.2, 0) is 16.1 Å². The van der Waals surface area contributed by atoms with Gasteiger partial charge in [-0.25, -0.2) is 4.79 Å². The molecule has 0 radical (unpaired) electrons. The molecule has 2 aromatic carbocycles. The van der Waals surface area contributed by atoms with Crippen LogP contribution in [0.4, 0.5) is 10.5 Å². The van der Waals surface area contributed by atoms with E-state index in [-0.39, 0.29) is 5.60 Å². The Balaban J connectivity index is 1.30. The van der Waals surface area contributed by atoms with Gasteiger partial charge in [0.15, 0.2) is 0 Å².